The zero-order valence-corrected chi connectivity index (χ0v) is 13.8. The zero-order valence-electron chi connectivity index (χ0n) is 13.0. The van der Waals surface area contributed by atoms with E-state index in [0.29, 0.717) is 12.3 Å². The van der Waals surface area contributed by atoms with Gasteiger partial charge in [-0.2, -0.15) is 34.8 Å². The molecule has 4 aliphatic carbocycles. The van der Waals surface area contributed by atoms with Gasteiger partial charge in [-0.1, -0.05) is 0 Å². The predicted octanol–water partition coefficient (Wildman–Crippen LogP) is 4.06. The van der Waals surface area contributed by atoms with E-state index >= 15 is 0 Å². The average Bonchev–Trinajstić information content (AvgIpc) is 3.23. The van der Waals surface area contributed by atoms with Gasteiger partial charge >= 0.3 is 27.2 Å². The van der Waals surface area contributed by atoms with Crippen molar-refractivity contribution in [3.63, 3.8) is 0 Å². The van der Waals surface area contributed by atoms with E-state index in [9.17, 15) is 34.8 Å². The average molecular weight is 392 g/mol. The summed E-state index contributed by atoms with van der Waals surface area (Å²) in [5, 5.41) is -6.24. The number of alkyl halides is 6. The van der Waals surface area contributed by atoms with E-state index in [4.69, 9.17) is 4.55 Å². The molecule has 0 spiro atoms. The zero-order chi connectivity index (χ0) is 18.6. The molecule has 7 atom stereocenters. The number of hydrogen-bond acceptors (Lipinski definition) is 2. The molecule has 4 fully saturated rings. The van der Waals surface area contributed by atoms with E-state index in [1.165, 1.54) is 0 Å². The van der Waals surface area contributed by atoms with Crippen LogP contribution in [0.15, 0.2) is 0 Å². The Morgan fingerprint density at radius 3 is 1.92 bits per heavy atom. The van der Waals surface area contributed by atoms with Gasteiger partial charge in [0.1, 0.15) is 0 Å². The summed E-state index contributed by atoms with van der Waals surface area (Å²) in [7, 11) is -6.67. The van der Waals surface area contributed by atoms with Crippen molar-refractivity contribution in [2.45, 2.75) is 49.2 Å². The first-order valence-electron chi connectivity index (χ1n) is 8.41. The van der Waals surface area contributed by atoms with E-state index in [0.717, 1.165) is 19.3 Å². The summed E-state index contributed by atoms with van der Waals surface area (Å²) >= 11 is 0. The van der Waals surface area contributed by atoms with Crippen molar-refractivity contribution in [3.05, 3.63) is 0 Å². The van der Waals surface area contributed by atoms with Crippen molar-refractivity contribution < 1.29 is 39.3 Å². The molecular weight excluding hydrogens is 374 g/mol. The molecule has 0 saturated heterocycles. The first-order valence-corrected chi connectivity index (χ1v) is 9.85. The van der Waals surface area contributed by atoms with Gasteiger partial charge in [0.2, 0.25) is 0 Å². The molecule has 0 aromatic carbocycles. The summed E-state index contributed by atoms with van der Waals surface area (Å²) in [4.78, 5) is 0. The third-order valence-electron chi connectivity index (χ3n) is 7.31. The predicted molar refractivity (Wildman–Crippen MR) is 73.9 cm³/mol. The van der Waals surface area contributed by atoms with Crippen molar-refractivity contribution in [1.29, 1.82) is 0 Å². The van der Waals surface area contributed by atoms with E-state index < -0.39 is 39.1 Å². The highest BCUT2D eigenvalue weighted by Gasteiger charge is 2.81. The van der Waals surface area contributed by atoms with Gasteiger partial charge in [0.05, 0.1) is 0 Å². The summed E-state index contributed by atoms with van der Waals surface area (Å²) < 4.78 is 113. The second-order valence-electron chi connectivity index (χ2n) is 8.18. The molecule has 144 valence electrons. The quantitative estimate of drug-likeness (QED) is 0.446. The molecule has 0 aromatic heterocycles. The molecule has 4 saturated carbocycles. The van der Waals surface area contributed by atoms with E-state index in [1.54, 1.807) is 0 Å². The lowest BCUT2D eigenvalue weighted by molar-refractivity contribution is -0.306. The Balaban J connectivity index is 1.66. The minimum Gasteiger partial charge on any atom is -0.281 e. The van der Waals surface area contributed by atoms with Crippen molar-refractivity contribution in [2.24, 2.45) is 41.4 Å². The van der Waals surface area contributed by atoms with Crippen LogP contribution in [0.4, 0.5) is 26.3 Å². The molecule has 25 heavy (non-hydrogen) atoms. The summed E-state index contributed by atoms with van der Waals surface area (Å²) in [6.07, 6.45) is 2.77. The lowest BCUT2D eigenvalue weighted by atomic mass is 9.65. The smallest absolute Gasteiger partial charge is 0.281 e. The number of hydrogen-bond donors (Lipinski definition) is 1. The lowest BCUT2D eigenvalue weighted by Crippen LogP contribution is -2.61. The number of rotatable bonds is 4. The number of fused-ring (bicyclic) bond motifs is 9. The van der Waals surface area contributed by atoms with Gasteiger partial charge in [-0.15, -0.1) is 0 Å². The van der Waals surface area contributed by atoms with Gasteiger partial charge in [-0.05, 0) is 67.6 Å². The molecule has 0 amide bonds. The summed E-state index contributed by atoms with van der Waals surface area (Å²) in [5.74, 6) is -13.7. The van der Waals surface area contributed by atoms with Crippen LogP contribution >= 0.6 is 0 Å². The number of halogens is 6. The van der Waals surface area contributed by atoms with Crippen LogP contribution in [-0.2, 0) is 10.1 Å². The van der Waals surface area contributed by atoms with Gasteiger partial charge in [0.25, 0.3) is 0 Å². The summed E-state index contributed by atoms with van der Waals surface area (Å²) in [6.45, 7) is 0. The third kappa shape index (κ3) is 2.01. The Morgan fingerprint density at radius 1 is 0.800 bits per heavy atom. The van der Waals surface area contributed by atoms with E-state index in [2.05, 4.69) is 0 Å². The Morgan fingerprint density at radius 2 is 1.36 bits per heavy atom. The first kappa shape index (κ1) is 17.9. The fourth-order valence-corrected chi connectivity index (χ4v) is 7.03. The van der Waals surface area contributed by atoms with E-state index in [1.807, 2.05) is 0 Å². The molecule has 0 aliphatic heterocycles. The maximum absolute atomic E-state index is 14.5. The molecular formula is C15H18F6O3S. The van der Waals surface area contributed by atoms with Crippen LogP contribution in [0.25, 0.3) is 0 Å². The molecule has 0 heterocycles. The summed E-state index contributed by atoms with van der Waals surface area (Å²) in [6, 6.07) is 0. The van der Waals surface area contributed by atoms with Crippen molar-refractivity contribution in [1.82, 2.24) is 0 Å². The van der Waals surface area contributed by atoms with Gasteiger partial charge in [-0.25, -0.2) is 0 Å². The standard InChI is InChI=1S/C15H18F6O3S/c16-13(17,14(18,19)15(20,21)25(22,23)24)10-5-8-4-9(10)12-7-2-1-6(3-7)11(8)12/h6-12H,1-5H2,(H,22,23,24). The molecule has 7 unspecified atom stereocenters. The third-order valence-corrected chi connectivity index (χ3v) is 8.21. The minimum absolute atomic E-state index is 0.150. The molecule has 4 aliphatic rings. The highest BCUT2D eigenvalue weighted by atomic mass is 32.2. The Bertz CT molecular complexity index is 693. The van der Waals surface area contributed by atoms with Crippen LogP contribution in [0, 0.1) is 41.4 Å². The molecule has 1 N–H and O–H groups in total. The molecule has 0 radical (unpaired) electrons. The van der Waals surface area contributed by atoms with Crippen molar-refractivity contribution in [2.75, 3.05) is 0 Å². The van der Waals surface area contributed by atoms with Gasteiger partial charge in [0.15, 0.2) is 0 Å². The maximum Gasteiger partial charge on any atom is 0.437 e. The second kappa shape index (κ2) is 4.85. The Kier molecular flexibility index (Phi) is 3.47. The molecule has 10 heteroatoms. The first-order chi connectivity index (χ1) is 11.3. The molecule has 4 rings (SSSR count). The van der Waals surface area contributed by atoms with Crippen molar-refractivity contribution in [3.8, 4) is 0 Å². The van der Waals surface area contributed by atoms with Crippen LogP contribution in [0.1, 0.15) is 32.1 Å². The Labute approximate surface area is 140 Å². The largest absolute Gasteiger partial charge is 0.437 e. The van der Waals surface area contributed by atoms with Crippen LogP contribution in [-0.4, -0.2) is 30.1 Å². The van der Waals surface area contributed by atoms with Crippen LogP contribution < -0.4 is 0 Å². The molecule has 0 aromatic rings. The van der Waals surface area contributed by atoms with Crippen LogP contribution in [0.5, 0.6) is 0 Å². The van der Waals surface area contributed by atoms with Crippen LogP contribution in [0.2, 0.25) is 0 Å². The van der Waals surface area contributed by atoms with Crippen molar-refractivity contribution >= 4 is 10.1 Å². The maximum atomic E-state index is 14.5. The minimum atomic E-state index is -6.67. The monoisotopic (exact) mass is 392 g/mol. The topological polar surface area (TPSA) is 54.4 Å². The van der Waals surface area contributed by atoms with Gasteiger partial charge in [-0.3, -0.25) is 4.55 Å². The molecule has 3 nitrogen and oxygen atoms in total. The highest BCUT2D eigenvalue weighted by Crippen LogP contribution is 2.71. The SMILES string of the molecule is O=S(=O)(O)C(F)(F)C(F)(F)C(F)(F)C1CC2CC1C1C3CCC(C3)C21. The fourth-order valence-electron chi connectivity index (χ4n) is 6.57. The second-order valence-corrected chi connectivity index (χ2v) is 9.64. The normalized spacial score (nSPS) is 43.7. The Hall–Kier alpha value is -0.510. The summed E-state index contributed by atoms with van der Waals surface area (Å²) in [5.41, 5.74) is 0. The highest BCUT2D eigenvalue weighted by molar-refractivity contribution is 7.87. The van der Waals surface area contributed by atoms with Gasteiger partial charge < -0.3 is 0 Å². The molecule has 4 bridgehead atoms. The van der Waals surface area contributed by atoms with Gasteiger partial charge in [0, 0.05) is 5.92 Å². The fraction of sp³-hybridized carbons (Fsp3) is 1.00. The van der Waals surface area contributed by atoms with E-state index in [-0.39, 0.29) is 30.1 Å². The lowest BCUT2D eigenvalue weighted by Gasteiger charge is -2.43. The van der Waals surface area contributed by atoms with Crippen LogP contribution in [0.3, 0.4) is 0 Å².